The standard InChI is InChI=1S/C13H16BrN3O/c1-9(2)15-8-13-17-16-12(18-13)7-10-4-3-5-11(14)6-10/h3-6,9,15H,7-8H2,1-2H3. The fourth-order valence-corrected chi connectivity index (χ4v) is 1.99. The highest BCUT2D eigenvalue weighted by Crippen LogP contribution is 2.14. The minimum atomic E-state index is 0.408. The number of halogens is 1. The Morgan fingerprint density at radius 3 is 2.78 bits per heavy atom. The molecule has 0 saturated carbocycles. The Hall–Kier alpha value is -1.20. The Morgan fingerprint density at radius 1 is 1.28 bits per heavy atom. The summed E-state index contributed by atoms with van der Waals surface area (Å²) in [4.78, 5) is 0. The zero-order valence-corrected chi connectivity index (χ0v) is 12.1. The summed E-state index contributed by atoms with van der Waals surface area (Å²) in [5.74, 6) is 1.28. The predicted molar refractivity (Wildman–Crippen MR) is 73.2 cm³/mol. The SMILES string of the molecule is CC(C)NCc1nnc(Cc2cccc(Br)c2)o1. The molecule has 0 bridgehead atoms. The number of benzene rings is 1. The average Bonchev–Trinajstić information content (AvgIpc) is 2.74. The smallest absolute Gasteiger partial charge is 0.230 e. The second kappa shape index (κ2) is 6.11. The lowest BCUT2D eigenvalue weighted by Crippen LogP contribution is -2.21. The van der Waals surface area contributed by atoms with Gasteiger partial charge >= 0.3 is 0 Å². The van der Waals surface area contributed by atoms with Crippen LogP contribution in [0.1, 0.15) is 31.2 Å². The molecule has 1 aromatic heterocycles. The predicted octanol–water partition coefficient (Wildman–Crippen LogP) is 2.92. The van der Waals surface area contributed by atoms with Gasteiger partial charge < -0.3 is 9.73 Å². The molecular weight excluding hydrogens is 294 g/mol. The molecule has 2 aromatic rings. The molecule has 4 nitrogen and oxygen atoms in total. The van der Waals surface area contributed by atoms with Gasteiger partial charge in [-0.1, -0.05) is 41.9 Å². The van der Waals surface area contributed by atoms with Gasteiger partial charge in [0.15, 0.2) is 0 Å². The number of rotatable bonds is 5. The molecule has 0 fully saturated rings. The summed E-state index contributed by atoms with van der Waals surface area (Å²) < 4.78 is 6.63. The first-order valence-corrected chi connectivity index (χ1v) is 6.72. The molecule has 0 spiro atoms. The molecule has 0 aliphatic carbocycles. The van der Waals surface area contributed by atoms with E-state index in [0.717, 1.165) is 10.0 Å². The van der Waals surface area contributed by atoms with Crippen LogP contribution in [0.5, 0.6) is 0 Å². The van der Waals surface area contributed by atoms with Gasteiger partial charge in [-0.05, 0) is 17.7 Å². The third-order valence-electron chi connectivity index (χ3n) is 2.41. The molecule has 5 heteroatoms. The fourth-order valence-electron chi connectivity index (χ4n) is 1.54. The maximum absolute atomic E-state index is 5.58. The topological polar surface area (TPSA) is 51.0 Å². The third-order valence-corrected chi connectivity index (χ3v) is 2.91. The molecule has 2 rings (SSSR count). The first-order chi connectivity index (χ1) is 8.63. The van der Waals surface area contributed by atoms with Crippen LogP contribution in [-0.4, -0.2) is 16.2 Å². The van der Waals surface area contributed by atoms with Crippen molar-refractivity contribution in [2.24, 2.45) is 0 Å². The van der Waals surface area contributed by atoms with Crippen LogP contribution >= 0.6 is 15.9 Å². The van der Waals surface area contributed by atoms with Crippen molar-refractivity contribution in [1.29, 1.82) is 0 Å². The van der Waals surface area contributed by atoms with Crippen LogP contribution in [0.3, 0.4) is 0 Å². The van der Waals surface area contributed by atoms with E-state index in [2.05, 4.69) is 51.4 Å². The number of nitrogens with zero attached hydrogens (tertiary/aromatic N) is 2. The maximum Gasteiger partial charge on any atom is 0.230 e. The summed E-state index contributed by atoms with van der Waals surface area (Å²) in [6, 6.07) is 8.49. The Labute approximate surface area is 115 Å². The second-order valence-corrected chi connectivity index (χ2v) is 5.35. The Balaban J connectivity index is 1.98. The molecule has 1 N–H and O–H groups in total. The van der Waals surface area contributed by atoms with E-state index in [1.165, 1.54) is 0 Å². The number of hydrogen-bond acceptors (Lipinski definition) is 4. The molecule has 0 amide bonds. The molecule has 0 saturated heterocycles. The molecule has 0 unspecified atom stereocenters. The summed E-state index contributed by atoms with van der Waals surface area (Å²) in [6.45, 7) is 4.78. The number of nitrogens with one attached hydrogen (secondary N) is 1. The first kappa shape index (κ1) is 13.2. The molecule has 0 atom stereocenters. The van der Waals surface area contributed by atoms with Gasteiger partial charge in [-0.15, -0.1) is 10.2 Å². The van der Waals surface area contributed by atoms with Crippen LogP contribution in [0.25, 0.3) is 0 Å². The number of hydrogen-bond donors (Lipinski definition) is 1. The van der Waals surface area contributed by atoms with Crippen molar-refractivity contribution < 1.29 is 4.42 Å². The Kier molecular flexibility index (Phi) is 4.49. The summed E-state index contributed by atoms with van der Waals surface area (Å²) in [6.07, 6.45) is 0.661. The summed E-state index contributed by atoms with van der Waals surface area (Å²) >= 11 is 3.44. The van der Waals surface area contributed by atoms with Crippen LogP contribution < -0.4 is 5.32 Å². The monoisotopic (exact) mass is 309 g/mol. The highest BCUT2D eigenvalue weighted by atomic mass is 79.9. The average molecular weight is 310 g/mol. The van der Waals surface area contributed by atoms with Crippen LogP contribution in [0.4, 0.5) is 0 Å². The van der Waals surface area contributed by atoms with E-state index in [1.807, 2.05) is 18.2 Å². The molecule has 18 heavy (non-hydrogen) atoms. The van der Waals surface area contributed by atoms with Gasteiger partial charge in [0, 0.05) is 10.5 Å². The highest BCUT2D eigenvalue weighted by molar-refractivity contribution is 9.10. The van der Waals surface area contributed by atoms with Gasteiger partial charge in [0.1, 0.15) is 0 Å². The van der Waals surface area contributed by atoms with Gasteiger partial charge in [0.05, 0.1) is 13.0 Å². The molecular formula is C13H16BrN3O. The third kappa shape index (κ3) is 3.92. The zero-order chi connectivity index (χ0) is 13.0. The Bertz CT molecular complexity index is 510. The Morgan fingerprint density at radius 2 is 2.06 bits per heavy atom. The van der Waals surface area contributed by atoms with Gasteiger partial charge in [-0.25, -0.2) is 0 Å². The van der Waals surface area contributed by atoms with Crippen molar-refractivity contribution in [3.63, 3.8) is 0 Å². The lowest BCUT2D eigenvalue weighted by Gasteiger charge is -2.03. The lowest BCUT2D eigenvalue weighted by atomic mass is 10.1. The van der Waals surface area contributed by atoms with Crippen molar-refractivity contribution in [3.8, 4) is 0 Å². The van der Waals surface area contributed by atoms with Crippen LogP contribution in [0.2, 0.25) is 0 Å². The molecule has 0 radical (unpaired) electrons. The summed E-state index contributed by atoms with van der Waals surface area (Å²) in [5.41, 5.74) is 1.15. The van der Waals surface area contributed by atoms with Crippen molar-refractivity contribution in [3.05, 3.63) is 46.1 Å². The van der Waals surface area contributed by atoms with Crippen LogP contribution in [-0.2, 0) is 13.0 Å². The van der Waals surface area contributed by atoms with Gasteiger partial charge in [0.2, 0.25) is 11.8 Å². The second-order valence-electron chi connectivity index (χ2n) is 4.43. The van der Waals surface area contributed by atoms with E-state index in [4.69, 9.17) is 4.42 Å². The van der Waals surface area contributed by atoms with E-state index < -0.39 is 0 Å². The van der Waals surface area contributed by atoms with E-state index in [-0.39, 0.29) is 0 Å². The molecule has 0 aliphatic heterocycles. The van der Waals surface area contributed by atoms with Crippen molar-refractivity contribution in [2.45, 2.75) is 32.9 Å². The van der Waals surface area contributed by atoms with Crippen molar-refractivity contribution >= 4 is 15.9 Å². The first-order valence-electron chi connectivity index (χ1n) is 5.92. The van der Waals surface area contributed by atoms with Gasteiger partial charge in [-0.2, -0.15) is 0 Å². The molecule has 1 aromatic carbocycles. The van der Waals surface area contributed by atoms with Gasteiger partial charge in [0.25, 0.3) is 0 Å². The van der Waals surface area contributed by atoms with Gasteiger partial charge in [-0.3, -0.25) is 0 Å². The maximum atomic E-state index is 5.58. The minimum Gasteiger partial charge on any atom is -0.424 e. The van der Waals surface area contributed by atoms with Crippen molar-refractivity contribution in [2.75, 3.05) is 0 Å². The minimum absolute atomic E-state index is 0.408. The quantitative estimate of drug-likeness (QED) is 0.922. The molecule has 1 heterocycles. The molecule has 96 valence electrons. The fraction of sp³-hybridized carbons (Fsp3) is 0.385. The normalized spacial score (nSPS) is 11.1. The largest absolute Gasteiger partial charge is 0.424 e. The summed E-state index contributed by atoms with van der Waals surface area (Å²) in [7, 11) is 0. The van der Waals surface area contributed by atoms with E-state index in [0.29, 0.717) is 30.8 Å². The lowest BCUT2D eigenvalue weighted by molar-refractivity contribution is 0.427. The van der Waals surface area contributed by atoms with E-state index >= 15 is 0 Å². The summed E-state index contributed by atoms with van der Waals surface area (Å²) in [5, 5.41) is 11.3. The van der Waals surface area contributed by atoms with Crippen molar-refractivity contribution in [1.82, 2.24) is 15.5 Å². The van der Waals surface area contributed by atoms with Crippen LogP contribution in [0, 0.1) is 0 Å². The number of aromatic nitrogens is 2. The highest BCUT2D eigenvalue weighted by Gasteiger charge is 2.07. The molecule has 0 aliphatic rings. The van der Waals surface area contributed by atoms with Crippen LogP contribution in [0.15, 0.2) is 33.2 Å². The zero-order valence-electron chi connectivity index (χ0n) is 10.5. The van der Waals surface area contributed by atoms with E-state index in [9.17, 15) is 0 Å². The van der Waals surface area contributed by atoms with E-state index in [1.54, 1.807) is 0 Å².